The number of aromatic nitrogens is 3. The predicted molar refractivity (Wildman–Crippen MR) is 114 cm³/mol. The summed E-state index contributed by atoms with van der Waals surface area (Å²) in [6, 6.07) is 11.7. The van der Waals surface area contributed by atoms with Crippen LogP contribution in [0.1, 0.15) is 11.1 Å². The fourth-order valence-electron chi connectivity index (χ4n) is 2.21. The number of benzene rings is 2. The highest BCUT2D eigenvalue weighted by Crippen LogP contribution is 2.31. The van der Waals surface area contributed by atoms with Crippen molar-refractivity contribution in [1.29, 1.82) is 0 Å². The van der Waals surface area contributed by atoms with E-state index in [0.717, 1.165) is 17.7 Å². The van der Waals surface area contributed by atoms with E-state index in [2.05, 4.69) is 36.1 Å². The average molecular weight is 458 g/mol. The molecule has 0 aliphatic carbocycles. The molecule has 0 amide bonds. The zero-order chi connectivity index (χ0) is 20.9. The molecule has 0 aliphatic rings. The van der Waals surface area contributed by atoms with Crippen molar-refractivity contribution in [3.8, 4) is 0 Å². The van der Waals surface area contributed by atoms with Crippen LogP contribution in [0.15, 0.2) is 53.6 Å². The van der Waals surface area contributed by atoms with Crippen molar-refractivity contribution in [2.24, 2.45) is 5.10 Å². The fourth-order valence-corrected chi connectivity index (χ4v) is 2.34. The number of rotatable bonds is 6. The van der Waals surface area contributed by atoms with Gasteiger partial charge in [-0.3, -0.25) is 0 Å². The van der Waals surface area contributed by atoms with Crippen molar-refractivity contribution >= 4 is 53.8 Å². The minimum absolute atomic E-state index is 0. The maximum atomic E-state index is 12.9. The summed E-state index contributed by atoms with van der Waals surface area (Å²) >= 11 is 5.83. The Bertz CT molecular complexity index is 1010. The normalized spacial score (nSPS) is 11.1. The van der Waals surface area contributed by atoms with Crippen LogP contribution in [0, 0.1) is 0 Å². The third kappa shape index (κ3) is 6.46. The van der Waals surface area contributed by atoms with Gasteiger partial charge in [0.05, 0.1) is 11.8 Å². The number of hydrazone groups is 1. The van der Waals surface area contributed by atoms with Crippen molar-refractivity contribution in [2.45, 2.75) is 6.18 Å². The van der Waals surface area contributed by atoms with Gasteiger partial charge in [0.1, 0.15) is 0 Å². The quantitative estimate of drug-likeness (QED) is 0.348. The minimum atomic E-state index is -4.45. The largest absolute Gasteiger partial charge is 0.416 e. The van der Waals surface area contributed by atoms with Gasteiger partial charge in [-0.2, -0.15) is 33.2 Å². The van der Waals surface area contributed by atoms with E-state index < -0.39 is 11.7 Å². The Morgan fingerprint density at radius 2 is 1.63 bits per heavy atom. The Morgan fingerprint density at radius 1 is 0.967 bits per heavy atom. The number of nitrogens with one attached hydrogen (secondary N) is 3. The third-order valence-electron chi connectivity index (χ3n) is 3.55. The van der Waals surface area contributed by atoms with Crippen LogP contribution in [-0.4, -0.2) is 28.2 Å². The predicted octanol–water partition coefficient (Wildman–Crippen LogP) is 5.20. The van der Waals surface area contributed by atoms with Gasteiger partial charge in [0.25, 0.3) is 0 Å². The molecule has 0 spiro atoms. The summed E-state index contributed by atoms with van der Waals surface area (Å²) in [6.45, 7) is 0. The topological polar surface area (TPSA) is 87.1 Å². The van der Waals surface area contributed by atoms with E-state index in [1.807, 2.05) is 0 Å². The molecule has 0 unspecified atom stereocenters. The molecule has 0 saturated carbocycles. The zero-order valence-corrected chi connectivity index (χ0v) is 17.0. The lowest BCUT2D eigenvalue weighted by molar-refractivity contribution is -0.137. The van der Waals surface area contributed by atoms with Gasteiger partial charge in [-0.15, -0.1) is 12.4 Å². The van der Waals surface area contributed by atoms with Crippen molar-refractivity contribution < 1.29 is 13.2 Å². The first-order valence-electron chi connectivity index (χ1n) is 8.26. The van der Waals surface area contributed by atoms with E-state index in [0.29, 0.717) is 5.02 Å². The van der Waals surface area contributed by atoms with E-state index >= 15 is 0 Å². The molecule has 0 atom stereocenters. The first-order valence-corrected chi connectivity index (χ1v) is 8.64. The highest BCUT2D eigenvalue weighted by Gasteiger charge is 2.30. The summed E-state index contributed by atoms with van der Waals surface area (Å²) in [5.74, 6) is 0.357. The molecule has 0 bridgehead atoms. The summed E-state index contributed by atoms with van der Waals surface area (Å²) in [5, 5.41) is 10.1. The minimum Gasteiger partial charge on any atom is -0.357 e. The lowest BCUT2D eigenvalue weighted by atomic mass is 10.2. The summed E-state index contributed by atoms with van der Waals surface area (Å²) in [4.78, 5) is 12.3. The van der Waals surface area contributed by atoms with Gasteiger partial charge in [-0.05, 0) is 35.9 Å². The Morgan fingerprint density at radius 3 is 2.30 bits per heavy atom. The molecule has 0 aliphatic heterocycles. The van der Waals surface area contributed by atoms with E-state index in [-0.39, 0.29) is 35.9 Å². The number of anilines is 4. The molecule has 30 heavy (non-hydrogen) atoms. The highest BCUT2D eigenvalue weighted by molar-refractivity contribution is 6.30. The summed E-state index contributed by atoms with van der Waals surface area (Å²) in [5.41, 5.74) is 2.86. The van der Waals surface area contributed by atoms with Gasteiger partial charge in [0, 0.05) is 17.8 Å². The molecule has 2 aromatic carbocycles. The molecule has 1 heterocycles. The second-order valence-electron chi connectivity index (χ2n) is 5.68. The molecule has 158 valence electrons. The lowest BCUT2D eigenvalue weighted by Crippen LogP contribution is -2.08. The Kier molecular flexibility index (Phi) is 7.79. The molecule has 7 nitrogen and oxygen atoms in total. The van der Waals surface area contributed by atoms with Crippen LogP contribution < -0.4 is 16.1 Å². The first-order chi connectivity index (χ1) is 13.8. The Hall–Kier alpha value is -3.11. The van der Waals surface area contributed by atoms with Crippen LogP contribution in [0.4, 0.5) is 36.7 Å². The second-order valence-corrected chi connectivity index (χ2v) is 6.12. The van der Waals surface area contributed by atoms with E-state index in [1.54, 1.807) is 37.5 Å². The molecule has 3 rings (SSSR count). The van der Waals surface area contributed by atoms with E-state index in [9.17, 15) is 13.2 Å². The van der Waals surface area contributed by atoms with Gasteiger partial charge in [-0.25, -0.2) is 5.43 Å². The SMILES string of the molecule is CNc1nc(N/N=C/c2ccc(Cl)cc2)nc(Nc2cccc(C(F)(F)F)c2)n1.Cl. The average Bonchev–Trinajstić information content (AvgIpc) is 2.69. The molecular weight excluding hydrogens is 442 g/mol. The van der Waals surface area contributed by atoms with Gasteiger partial charge in [-0.1, -0.05) is 29.8 Å². The smallest absolute Gasteiger partial charge is 0.357 e. The molecule has 0 saturated heterocycles. The van der Waals surface area contributed by atoms with Gasteiger partial charge in [0.2, 0.25) is 17.8 Å². The van der Waals surface area contributed by atoms with Crippen LogP contribution >= 0.6 is 24.0 Å². The standard InChI is InChI=1S/C18H15ClF3N7.ClH/c1-23-15-26-16(25-14-4-2-3-12(9-14)18(20,21)22)28-17(27-15)29-24-10-11-5-7-13(19)8-6-11;/h2-10H,1H3,(H3,23,25,26,27,28,29);1H/b24-10+;. The number of alkyl halides is 3. The molecule has 1 aromatic heterocycles. The number of hydrogen-bond donors (Lipinski definition) is 3. The van der Waals surface area contributed by atoms with Crippen molar-refractivity contribution in [3.63, 3.8) is 0 Å². The van der Waals surface area contributed by atoms with Crippen LogP contribution in [0.5, 0.6) is 0 Å². The van der Waals surface area contributed by atoms with Gasteiger partial charge in [0.15, 0.2) is 0 Å². The molecule has 3 N–H and O–H groups in total. The molecular formula is C18H16Cl2F3N7. The Labute approximate surface area is 181 Å². The van der Waals surface area contributed by atoms with Crippen molar-refractivity contribution in [2.75, 3.05) is 23.1 Å². The second kappa shape index (κ2) is 10.1. The molecule has 0 radical (unpaired) electrons. The maximum Gasteiger partial charge on any atom is 0.416 e. The fraction of sp³-hybridized carbons (Fsp3) is 0.111. The lowest BCUT2D eigenvalue weighted by Gasteiger charge is -2.11. The first kappa shape index (κ1) is 23.2. The summed E-state index contributed by atoms with van der Waals surface area (Å²) in [6.07, 6.45) is -2.91. The van der Waals surface area contributed by atoms with Gasteiger partial charge >= 0.3 is 6.18 Å². The Balaban J connectivity index is 0.00000320. The van der Waals surface area contributed by atoms with Crippen molar-refractivity contribution in [3.05, 3.63) is 64.7 Å². The highest BCUT2D eigenvalue weighted by atomic mass is 35.5. The summed E-state index contributed by atoms with van der Waals surface area (Å²) < 4.78 is 38.6. The maximum absolute atomic E-state index is 12.9. The van der Waals surface area contributed by atoms with Crippen LogP contribution in [0.25, 0.3) is 0 Å². The molecule has 0 fully saturated rings. The van der Waals surface area contributed by atoms with Crippen LogP contribution in [0.2, 0.25) is 5.02 Å². The number of hydrogen-bond acceptors (Lipinski definition) is 7. The van der Waals surface area contributed by atoms with Crippen LogP contribution in [0.3, 0.4) is 0 Å². The van der Waals surface area contributed by atoms with E-state index in [1.165, 1.54) is 12.1 Å². The third-order valence-corrected chi connectivity index (χ3v) is 3.81. The van der Waals surface area contributed by atoms with Crippen LogP contribution in [-0.2, 0) is 6.18 Å². The summed E-state index contributed by atoms with van der Waals surface area (Å²) in [7, 11) is 1.60. The van der Waals surface area contributed by atoms with Crippen molar-refractivity contribution in [1.82, 2.24) is 15.0 Å². The van der Waals surface area contributed by atoms with E-state index in [4.69, 9.17) is 11.6 Å². The number of nitrogens with zero attached hydrogens (tertiary/aromatic N) is 4. The zero-order valence-electron chi connectivity index (χ0n) is 15.4. The molecule has 3 aromatic rings. The monoisotopic (exact) mass is 457 g/mol. The van der Waals surface area contributed by atoms with Gasteiger partial charge < -0.3 is 10.6 Å². The number of halogens is 5. The molecule has 12 heteroatoms.